The van der Waals surface area contributed by atoms with Gasteiger partial charge in [0.15, 0.2) is 0 Å². The van der Waals surface area contributed by atoms with Crippen molar-refractivity contribution in [3.8, 4) is 0 Å². The standard InChI is InChI=1S/C14H20N2O3S/c1-20-10-8-12(15)14(19)16(9-7-13(17)18)11-5-3-2-4-6-11/h2-6,12H,7-10,15H2,1H3,(H,17,18)/t12-/m1/s1. The molecule has 3 N–H and O–H groups in total. The monoisotopic (exact) mass is 296 g/mol. The van der Waals surface area contributed by atoms with Crippen molar-refractivity contribution in [1.29, 1.82) is 0 Å². The highest BCUT2D eigenvalue weighted by Crippen LogP contribution is 2.16. The van der Waals surface area contributed by atoms with Gasteiger partial charge in [-0.1, -0.05) is 18.2 Å². The van der Waals surface area contributed by atoms with Gasteiger partial charge < -0.3 is 15.7 Å². The van der Waals surface area contributed by atoms with Crippen LogP contribution in [0.15, 0.2) is 30.3 Å². The van der Waals surface area contributed by atoms with Gasteiger partial charge in [-0.2, -0.15) is 11.8 Å². The largest absolute Gasteiger partial charge is 0.481 e. The Morgan fingerprint density at radius 1 is 1.35 bits per heavy atom. The van der Waals surface area contributed by atoms with Crippen molar-refractivity contribution in [3.63, 3.8) is 0 Å². The van der Waals surface area contributed by atoms with Gasteiger partial charge in [0.2, 0.25) is 5.91 Å². The third kappa shape index (κ3) is 5.22. The molecule has 1 amide bonds. The Bertz CT molecular complexity index is 439. The Morgan fingerprint density at radius 2 is 2.00 bits per heavy atom. The molecule has 0 heterocycles. The first-order chi connectivity index (χ1) is 9.56. The summed E-state index contributed by atoms with van der Waals surface area (Å²) < 4.78 is 0. The molecule has 0 unspecified atom stereocenters. The third-order valence-corrected chi connectivity index (χ3v) is 3.48. The van der Waals surface area contributed by atoms with Crippen LogP contribution in [-0.4, -0.2) is 41.6 Å². The van der Waals surface area contributed by atoms with Crippen LogP contribution in [0.5, 0.6) is 0 Å². The molecule has 0 radical (unpaired) electrons. The summed E-state index contributed by atoms with van der Waals surface area (Å²) in [6, 6.07) is 8.42. The lowest BCUT2D eigenvalue weighted by atomic mass is 10.1. The number of carbonyl (C=O) groups excluding carboxylic acids is 1. The summed E-state index contributed by atoms with van der Waals surface area (Å²) in [6.07, 6.45) is 2.43. The fourth-order valence-electron chi connectivity index (χ4n) is 1.75. The summed E-state index contributed by atoms with van der Waals surface area (Å²) >= 11 is 1.63. The average molecular weight is 296 g/mol. The Hall–Kier alpha value is -1.53. The van der Waals surface area contributed by atoms with E-state index in [2.05, 4.69) is 0 Å². The van der Waals surface area contributed by atoms with Gasteiger partial charge >= 0.3 is 5.97 Å². The molecular formula is C14H20N2O3S. The number of carboxylic acid groups (broad SMARTS) is 1. The van der Waals surface area contributed by atoms with Crippen LogP contribution in [-0.2, 0) is 9.59 Å². The molecule has 0 fully saturated rings. The minimum absolute atomic E-state index is 0.101. The maximum Gasteiger partial charge on any atom is 0.305 e. The smallest absolute Gasteiger partial charge is 0.305 e. The van der Waals surface area contributed by atoms with Crippen LogP contribution in [0.1, 0.15) is 12.8 Å². The summed E-state index contributed by atoms with van der Waals surface area (Å²) in [5.74, 6) is -0.364. The highest BCUT2D eigenvalue weighted by atomic mass is 32.2. The number of para-hydroxylation sites is 1. The van der Waals surface area contributed by atoms with E-state index in [0.29, 0.717) is 12.1 Å². The van der Waals surface area contributed by atoms with Crippen molar-refractivity contribution in [2.75, 3.05) is 23.5 Å². The first-order valence-electron chi connectivity index (χ1n) is 6.39. The van der Waals surface area contributed by atoms with Gasteiger partial charge in [-0.05, 0) is 30.6 Å². The van der Waals surface area contributed by atoms with Crippen molar-refractivity contribution >= 4 is 29.3 Å². The lowest BCUT2D eigenvalue weighted by molar-refractivity contribution is -0.136. The predicted molar refractivity (Wildman–Crippen MR) is 82.0 cm³/mol. The zero-order valence-corrected chi connectivity index (χ0v) is 12.3. The van der Waals surface area contributed by atoms with Crippen molar-refractivity contribution in [2.45, 2.75) is 18.9 Å². The van der Waals surface area contributed by atoms with Gasteiger partial charge in [0.25, 0.3) is 0 Å². The summed E-state index contributed by atoms with van der Waals surface area (Å²) in [6.45, 7) is 0.130. The maximum atomic E-state index is 12.4. The number of hydrogen-bond acceptors (Lipinski definition) is 4. The average Bonchev–Trinajstić information content (AvgIpc) is 2.45. The number of amides is 1. The van der Waals surface area contributed by atoms with Gasteiger partial charge in [0, 0.05) is 12.2 Å². The summed E-state index contributed by atoms with van der Waals surface area (Å²) in [5, 5.41) is 8.80. The van der Waals surface area contributed by atoms with E-state index in [4.69, 9.17) is 10.8 Å². The lowest BCUT2D eigenvalue weighted by Gasteiger charge is -2.25. The number of carboxylic acids is 1. The van der Waals surface area contributed by atoms with Crippen molar-refractivity contribution in [2.24, 2.45) is 5.73 Å². The number of benzene rings is 1. The van der Waals surface area contributed by atoms with Crippen LogP contribution in [0.2, 0.25) is 0 Å². The quantitative estimate of drug-likeness (QED) is 0.761. The zero-order chi connectivity index (χ0) is 15.0. The summed E-state index contributed by atoms with van der Waals surface area (Å²) in [4.78, 5) is 24.5. The first-order valence-corrected chi connectivity index (χ1v) is 7.78. The van der Waals surface area contributed by atoms with E-state index in [1.807, 2.05) is 24.5 Å². The number of rotatable bonds is 8. The molecule has 110 valence electrons. The molecule has 0 bridgehead atoms. The molecule has 0 aliphatic rings. The second-order valence-corrected chi connectivity index (χ2v) is 5.34. The highest BCUT2D eigenvalue weighted by Gasteiger charge is 2.22. The van der Waals surface area contributed by atoms with Crippen LogP contribution in [0.4, 0.5) is 5.69 Å². The third-order valence-electron chi connectivity index (χ3n) is 2.83. The van der Waals surface area contributed by atoms with Gasteiger partial charge in [-0.3, -0.25) is 9.59 Å². The molecule has 0 aromatic heterocycles. The van der Waals surface area contributed by atoms with Crippen LogP contribution < -0.4 is 10.6 Å². The number of carbonyl (C=O) groups is 2. The van der Waals surface area contributed by atoms with Gasteiger partial charge in [0.1, 0.15) is 0 Å². The Labute approximate surface area is 123 Å². The molecule has 0 spiro atoms. The van der Waals surface area contributed by atoms with E-state index in [1.54, 1.807) is 23.9 Å². The minimum atomic E-state index is -0.934. The summed E-state index contributed by atoms with van der Waals surface area (Å²) in [7, 11) is 0. The Kier molecular flexibility index (Phi) is 7.11. The molecule has 0 saturated carbocycles. The summed E-state index contributed by atoms with van der Waals surface area (Å²) in [5.41, 5.74) is 6.57. The SMILES string of the molecule is CSCC[C@@H](N)C(=O)N(CCC(=O)O)c1ccccc1. The normalized spacial score (nSPS) is 11.9. The molecule has 0 aliphatic carbocycles. The van der Waals surface area contributed by atoms with E-state index in [-0.39, 0.29) is 18.9 Å². The van der Waals surface area contributed by atoms with E-state index in [1.165, 1.54) is 4.90 Å². The molecular weight excluding hydrogens is 276 g/mol. The second-order valence-electron chi connectivity index (χ2n) is 4.36. The highest BCUT2D eigenvalue weighted by molar-refractivity contribution is 7.98. The van der Waals surface area contributed by atoms with E-state index in [9.17, 15) is 9.59 Å². The van der Waals surface area contributed by atoms with Crippen molar-refractivity contribution in [3.05, 3.63) is 30.3 Å². The Balaban J connectivity index is 2.81. The van der Waals surface area contributed by atoms with E-state index < -0.39 is 12.0 Å². The molecule has 0 aliphatic heterocycles. The minimum Gasteiger partial charge on any atom is -0.481 e. The first kappa shape index (κ1) is 16.5. The van der Waals surface area contributed by atoms with Gasteiger partial charge in [0.05, 0.1) is 12.5 Å². The number of hydrogen-bond donors (Lipinski definition) is 2. The topological polar surface area (TPSA) is 83.6 Å². The van der Waals surface area contributed by atoms with Gasteiger partial charge in [-0.15, -0.1) is 0 Å². The number of anilines is 1. The van der Waals surface area contributed by atoms with Crippen LogP contribution in [0.25, 0.3) is 0 Å². The molecule has 0 saturated heterocycles. The number of thioether (sulfide) groups is 1. The van der Waals surface area contributed by atoms with Crippen LogP contribution >= 0.6 is 11.8 Å². The lowest BCUT2D eigenvalue weighted by Crippen LogP contribution is -2.45. The second kappa shape index (κ2) is 8.60. The number of aliphatic carboxylic acids is 1. The molecule has 1 atom stereocenters. The molecule has 6 heteroatoms. The predicted octanol–water partition coefficient (Wildman–Crippen LogP) is 1.57. The molecule has 1 aromatic carbocycles. The Morgan fingerprint density at radius 3 is 2.55 bits per heavy atom. The maximum absolute atomic E-state index is 12.4. The van der Waals surface area contributed by atoms with E-state index >= 15 is 0 Å². The van der Waals surface area contributed by atoms with Crippen LogP contribution in [0, 0.1) is 0 Å². The fourth-order valence-corrected chi connectivity index (χ4v) is 2.24. The number of nitrogens with zero attached hydrogens (tertiary/aromatic N) is 1. The zero-order valence-electron chi connectivity index (χ0n) is 11.5. The molecule has 20 heavy (non-hydrogen) atoms. The fraction of sp³-hybridized carbons (Fsp3) is 0.429. The number of nitrogens with two attached hydrogens (primary N) is 1. The molecule has 1 rings (SSSR count). The van der Waals surface area contributed by atoms with Gasteiger partial charge in [-0.25, -0.2) is 0 Å². The molecule has 5 nitrogen and oxygen atoms in total. The van der Waals surface area contributed by atoms with Crippen LogP contribution in [0.3, 0.4) is 0 Å². The van der Waals surface area contributed by atoms with E-state index in [0.717, 1.165) is 5.75 Å². The van der Waals surface area contributed by atoms with Crippen molar-refractivity contribution < 1.29 is 14.7 Å². The molecule has 1 aromatic rings. The van der Waals surface area contributed by atoms with Crippen molar-refractivity contribution in [1.82, 2.24) is 0 Å².